The molecule has 1 amide bonds. The van der Waals surface area contributed by atoms with Crippen molar-refractivity contribution in [2.45, 2.75) is 32.8 Å². The molecule has 1 fully saturated rings. The number of nitrogens with zero attached hydrogens (tertiary/aromatic N) is 2. The first kappa shape index (κ1) is 13.0. The van der Waals surface area contributed by atoms with Crippen molar-refractivity contribution >= 4 is 5.91 Å². The molecule has 1 rings (SSSR count). The number of piperidine rings is 1. The maximum absolute atomic E-state index is 12.1. The van der Waals surface area contributed by atoms with Crippen molar-refractivity contribution in [2.75, 3.05) is 20.2 Å². The highest BCUT2D eigenvalue weighted by Gasteiger charge is 2.30. The second-order valence-electron chi connectivity index (χ2n) is 4.63. The van der Waals surface area contributed by atoms with Crippen LogP contribution < -0.4 is 0 Å². The van der Waals surface area contributed by atoms with Crippen LogP contribution in [0.2, 0.25) is 0 Å². The molecule has 1 heterocycles. The molecule has 4 nitrogen and oxygen atoms in total. The van der Waals surface area contributed by atoms with Gasteiger partial charge < -0.3 is 9.64 Å². The minimum atomic E-state index is -0.518. The number of carbonyl (C=O) groups excluding carboxylic acids is 1. The van der Waals surface area contributed by atoms with Crippen molar-refractivity contribution in [3.8, 4) is 6.07 Å². The normalized spacial score (nSPS) is 22.9. The molecule has 1 saturated heterocycles. The lowest BCUT2D eigenvalue weighted by atomic mass is 9.95. The van der Waals surface area contributed by atoms with E-state index in [0.29, 0.717) is 6.54 Å². The van der Waals surface area contributed by atoms with Crippen molar-refractivity contribution in [3.63, 3.8) is 0 Å². The van der Waals surface area contributed by atoms with Gasteiger partial charge in [0.2, 0.25) is 5.91 Å². The number of rotatable bonds is 3. The Bertz CT molecular complexity index is 283. The van der Waals surface area contributed by atoms with E-state index in [1.807, 2.05) is 13.8 Å². The first-order chi connectivity index (χ1) is 7.60. The summed E-state index contributed by atoms with van der Waals surface area (Å²) in [6, 6.07) is 2.10. The number of carbonyl (C=O) groups is 1. The molecule has 1 aliphatic heterocycles. The van der Waals surface area contributed by atoms with Gasteiger partial charge in [-0.15, -0.1) is 0 Å². The lowest BCUT2D eigenvalue weighted by Gasteiger charge is -2.33. The van der Waals surface area contributed by atoms with E-state index in [1.165, 1.54) is 0 Å². The molecular formula is C12H20N2O2. The highest BCUT2D eigenvalue weighted by Crippen LogP contribution is 2.18. The average Bonchev–Trinajstić information content (AvgIpc) is 2.29. The van der Waals surface area contributed by atoms with Gasteiger partial charge in [-0.25, -0.2) is 0 Å². The molecule has 90 valence electrons. The average molecular weight is 224 g/mol. The zero-order valence-electron chi connectivity index (χ0n) is 10.3. The zero-order chi connectivity index (χ0) is 12.1. The lowest BCUT2D eigenvalue weighted by molar-refractivity contribution is -0.138. The highest BCUT2D eigenvalue weighted by molar-refractivity contribution is 5.81. The fourth-order valence-corrected chi connectivity index (χ4v) is 2.02. The van der Waals surface area contributed by atoms with E-state index in [0.717, 1.165) is 19.4 Å². The topological polar surface area (TPSA) is 53.3 Å². The molecule has 2 unspecified atom stereocenters. The van der Waals surface area contributed by atoms with Gasteiger partial charge in [0.25, 0.3) is 0 Å². The summed E-state index contributed by atoms with van der Waals surface area (Å²) in [6.07, 6.45) is 2.09. The summed E-state index contributed by atoms with van der Waals surface area (Å²) in [7, 11) is 1.67. The van der Waals surface area contributed by atoms with Crippen LogP contribution in [0.15, 0.2) is 0 Å². The SMILES string of the molecule is COC1CCCN(C(=O)C(C#N)C(C)C)C1. The van der Waals surface area contributed by atoms with Crippen molar-refractivity contribution in [1.82, 2.24) is 4.90 Å². The summed E-state index contributed by atoms with van der Waals surface area (Å²) in [4.78, 5) is 13.8. The van der Waals surface area contributed by atoms with Crippen molar-refractivity contribution in [3.05, 3.63) is 0 Å². The Morgan fingerprint density at radius 3 is 2.75 bits per heavy atom. The largest absolute Gasteiger partial charge is 0.380 e. The van der Waals surface area contributed by atoms with E-state index in [9.17, 15) is 4.79 Å². The number of likely N-dealkylation sites (tertiary alicyclic amines) is 1. The van der Waals surface area contributed by atoms with E-state index in [1.54, 1.807) is 12.0 Å². The van der Waals surface area contributed by atoms with Crippen molar-refractivity contribution < 1.29 is 9.53 Å². The third-order valence-corrected chi connectivity index (χ3v) is 3.09. The molecule has 0 aromatic carbocycles. The van der Waals surface area contributed by atoms with Gasteiger partial charge in [-0.3, -0.25) is 4.79 Å². The Morgan fingerprint density at radius 2 is 2.25 bits per heavy atom. The van der Waals surface area contributed by atoms with E-state index in [2.05, 4.69) is 6.07 Å². The Hall–Kier alpha value is -1.08. The lowest BCUT2D eigenvalue weighted by Crippen LogP contribution is -2.46. The van der Waals surface area contributed by atoms with Gasteiger partial charge in [0, 0.05) is 20.2 Å². The quantitative estimate of drug-likeness (QED) is 0.728. The molecule has 0 radical (unpaired) electrons. The van der Waals surface area contributed by atoms with Crippen molar-refractivity contribution in [1.29, 1.82) is 5.26 Å². The second kappa shape index (κ2) is 5.86. The molecular weight excluding hydrogens is 204 g/mol. The number of ether oxygens (including phenoxy) is 1. The number of methoxy groups -OCH3 is 1. The van der Waals surface area contributed by atoms with E-state index < -0.39 is 5.92 Å². The van der Waals surface area contributed by atoms with Crippen LogP contribution in [0.5, 0.6) is 0 Å². The number of nitriles is 1. The molecule has 0 saturated carbocycles. The van der Waals surface area contributed by atoms with Gasteiger partial charge in [0.05, 0.1) is 12.2 Å². The zero-order valence-corrected chi connectivity index (χ0v) is 10.3. The third-order valence-electron chi connectivity index (χ3n) is 3.09. The van der Waals surface area contributed by atoms with E-state index in [4.69, 9.17) is 10.00 Å². The first-order valence-electron chi connectivity index (χ1n) is 5.81. The molecule has 0 aromatic heterocycles. The maximum Gasteiger partial charge on any atom is 0.240 e. The molecule has 2 atom stereocenters. The van der Waals surface area contributed by atoms with Gasteiger partial charge >= 0.3 is 0 Å². The van der Waals surface area contributed by atoms with Crippen LogP contribution in [0.3, 0.4) is 0 Å². The number of amides is 1. The summed E-state index contributed by atoms with van der Waals surface area (Å²) >= 11 is 0. The van der Waals surface area contributed by atoms with Crippen LogP contribution in [0.4, 0.5) is 0 Å². The summed E-state index contributed by atoms with van der Waals surface area (Å²) < 4.78 is 5.27. The number of hydrogen-bond acceptors (Lipinski definition) is 3. The van der Waals surface area contributed by atoms with Crippen LogP contribution in [-0.2, 0) is 9.53 Å². The van der Waals surface area contributed by atoms with Crippen LogP contribution in [0.25, 0.3) is 0 Å². The molecule has 4 heteroatoms. The van der Waals surface area contributed by atoms with Gasteiger partial charge in [0.1, 0.15) is 5.92 Å². The van der Waals surface area contributed by atoms with E-state index in [-0.39, 0.29) is 17.9 Å². The Labute approximate surface area is 97.2 Å². The predicted octanol–water partition coefficient (Wildman–Crippen LogP) is 1.42. The van der Waals surface area contributed by atoms with Gasteiger partial charge in [-0.2, -0.15) is 5.26 Å². The third kappa shape index (κ3) is 2.96. The smallest absolute Gasteiger partial charge is 0.240 e. The minimum Gasteiger partial charge on any atom is -0.380 e. The predicted molar refractivity (Wildman–Crippen MR) is 60.6 cm³/mol. The number of hydrogen-bond donors (Lipinski definition) is 0. The Balaban J connectivity index is 2.63. The molecule has 0 aliphatic carbocycles. The van der Waals surface area contributed by atoms with Crippen LogP contribution in [0.1, 0.15) is 26.7 Å². The van der Waals surface area contributed by atoms with E-state index >= 15 is 0 Å². The summed E-state index contributed by atoms with van der Waals surface area (Å²) in [5.74, 6) is -0.490. The molecule has 0 bridgehead atoms. The Morgan fingerprint density at radius 1 is 1.56 bits per heavy atom. The van der Waals surface area contributed by atoms with Crippen molar-refractivity contribution in [2.24, 2.45) is 11.8 Å². The molecule has 0 aromatic rings. The standard InChI is InChI=1S/C12H20N2O2/c1-9(2)11(7-13)12(15)14-6-4-5-10(8-14)16-3/h9-11H,4-6,8H2,1-3H3. The molecule has 16 heavy (non-hydrogen) atoms. The molecule has 1 aliphatic rings. The van der Waals surface area contributed by atoms with Gasteiger partial charge in [-0.05, 0) is 18.8 Å². The van der Waals surface area contributed by atoms with Crippen LogP contribution >= 0.6 is 0 Å². The highest BCUT2D eigenvalue weighted by atomic mass is 16.5. The summed E-state index contributed by atoms with van der Waals surface area (Å²) in [5, 5.41) is 8.99. The fourth-order valence-electron chi connectivity index (χ4n) is 2.02. The maximum atomic E-state index is 12.1. The Kier molecular flexibility index (Phi) is 4.75. The molecule has 0 N–H and O–H groups in total. The first-order valence-corrected chi connectivity index (χ1v) is 5.81. The summed E-state index contributed by atoms with van der Waals surface area (Å²) in [6.45, 7) is 5.19. The van der Waals surface area contributed by atoms with Gasteiger partial charge in [-0.1, -0.05) is 13.8 Å². The minimum absolute atomic E-state index is 0.0424. The second-order valence-corrected chi connectivity index (χ2v) is 4.63. The van der Waals surface area contributed by atoms with Gasteiger partial charge in [0.15, 0.2) is 0 Å². The van der Waals surface area contributed by atoms with Crippen LogP contribution in [0, 0.1) is 23.2 Å². The summed E-state index contributed by atoms with van der Waals surface area (Å²) in [5.41, 5.74) is 0. The van der Waals surface area contributed by atoms with Crippen LogP contribution in [-0.4, -0.2) is 37.1 Å². The fraction of sp³-hybridized carbons (Fsp3) is 0.833. The monoisotopic (exact) mass is 224 g/mol. The molecule has 0 spiro atoms.